The lowest BCUT2D eigenvalue weighted by molar-refractivity contribution is -0.903. The summed E-state index contributed by atoms with van der Waals surface area (Å²) in [7, 11) is 4.43. The van der Waals surface area contributed by atoms with Crippen LogP contribution >= 0.6 is 0 Å². The van der Waals surface area contributed by atoms with Crippen molar-refractivity contribution in [1.82, 2.24) is 0 Å². The van der Waals surface area contributed by atoms with Crippen molar-refractivity contribution in [3.8, 4) is 11.5 Å². The molecule has 198 valence electrons. The Morgan fingerprint density at radius 1 is 0.757 bits per heavy atom. The van der Waals surface area contributed by atoms with E-state index in [1.165, 1.54) is 11.1 Å². The van der Waals surface area contributed by atoms with Crippen LogP contribution in [-0.4, -0.2) is 44.1 Å². The molecule has 0 aromatic heterocycles. The highest BCUT2D eigenvalue weighted by atomic mass is 16.5. The Morgan fingerprint density at radius 3 is 1.92 bits per heavy atom. The van der Waals surface area contributed by atoms with E-state index in [1.54, 1.807) is 0 Å². The number of hydrogen-bond donors (Lipinski definition) is 0. The molecule has 0 aliphatic carbocycles. The summed E-state index contributed by atoms with van der Waals surface area (Å²) < 4.78 is 12.6. The first kappa shape index (κ1) is 28.5. The van der Waals surface area contributed by atoms with E-state index in [9.17, 15) is 4.79 Å². The van der Waals surface area contributed by atoms with Crippen molar-refractivity contribution >= 4 is 5.78 Å². The number of carbonyl (C=O) groups excluding carboxylic acids is 1. The number of hydrogen-bond acceptors (Lipinski definition) is 3. The maximum atomic E-state index is 12.2. The van der Waals surface area contributed by atoms with Crippen molar-refractivity contribution in [3.05, 3.63) is 95.6 Å². The van der Waals surface area contributed by atoms with Gasteiger partial charge in [-0.2, -0.15) is 0 Å². The maximum Gasteiger partial charge on any atom is 0.200 e. The molecule has 0 radical (unpaired) electrons. The fraction of sp³-hybridized carbons (Fsp3) is 0.424. The van der Waals surface area contributed by atoms with Crippen LogP contribution in [0, 0.1) is 5.41 Å². The van der Waals surface area contributed by atoms with E-state index in [4.69, 9.17) is 9.47 Å². The molecule has 4 heteroatoms. The van der Waals surface area contributed by atoms with Crippen molar-refractivity contribution in [3.63, 3.8) is 0 Å². The molecule has 37 heavy (non-hydrogen) atoms. The third-order valence-electron chi connectivity index (χ3n) is 6.57. The highest BCUT2D eigenvalue weighted by Crippen LogP contribution is 2.36. The molecule has 0 spiro atoms. The summed E-state index contributed by atoms with van der Waals surface area (Å²) in [6.45, 7) is 14.0. The van der Waals surface area contributed by atoms with Crippen LogP contribution in [0.3, 0.4) is 0 Å². The molecule has 0 saturated heterocycles. The van der Waals surface area contributed by atoms with E-state index in [1.807, 2.05) is 42.5 Å². The first-order chi connectivity index (χ1) is 17.3. The first-order valence-corrected chi connectivity index (χ1v) is 13.2. The topological polar surface area (TPSA) is 35.5 Å². The summed E-state index contributed by atoms with van der Waals surface area (Å²) in [5.41, 5.74) is 3.66. The highest BCUT2D eigenvalue weighted by molar-refractivity contribution is 5.97. The van der Waals surface area contributed by atoms with Crippen LogP contribution in [0.1, 0.15) is 62.5 Å². The smallest absolute Gasteiger partial charge is 0.200 e. The predicted molar refractivity (Wildman–Crippen MR) is 152 cm³/mol. The molecule has 0 fully saturated rings. The minimum atomic E-state index is -0.0225. The third-order valence-corrected chi connectivity index (χ3v) is 6.57. The number of carbonyl (C=O) groups is 1. The van der Waals surface area contributed by atoms with Gasteiger partial charge in [-0.15, -0.1) is 0 Å². The zero-order chi connectivity index (χ0) is 27.1. The molecule has 4 nitrogen and oxygen atoms in total. The van der Waals surface area contributed by atoms with Crippen molar-refractivity contribution in [2.24, 2.45) is 5.41 Å². The van der Waals surface area contributed by atoms with Gasteiger partial charge in [0.25, 0.3) is 0 Å². The Balaban J connectivity index is 1.45. The number of nitrogens with zero attached hydrogens (tertiary/aromatic N) is 1. The average molecular weight is 503 g/mol. The van der Waals surface area contributed by atoms with Crippen LogP contribution in [0.5, 0.6) is 11.5 Å². The lowest BCUT2D eigenvalue weighted by atomic mass is 9.72. The van der Waals surface area contributed by atoms with Gasteiger partial charge in [0.15, 0.2) is 12.4 Å². The number of benzene rings is 3. The number of Topliss-reactive ketones (excluding diaryl/α,β-unsaturated/α-hetero) is 1. The van der Waals surface area contributed by atoms with Gasteiger partial charge < -0.3 is 14.0 Å². The minimum Gasteiger partial charge on any atom is -0.488 e. The zero-order valence-corrected chi connectivity index (χ0v) is 23.7. The summed E-state index contributed by atoms with van der Waals surface area (Å²) in [4.78, 5) is 12.2. The predicted octanol–water partition coefficient (Wildman–Crippen LogP) is 7.32. The van der Waals surface area contributed by atoms with Crippen LogP contribution in [-0.2, 0) is 12.0 Å². The fourth-order valence-corrected chi connectivity index (χ4v) is 4.96. The van der Waals surface area contributed by atoms with E-state index in [0.717, 1.165) is 29.7 Å². The molecular weight excluding hydrogens is 458 g/mol. The van der Waals surface area contributed by atoms with Crippen LogP contribution in [0.15, 0.2) is 78.9 Å². The number of likely N-dealkylation sites (N-methyl/N-ethyl adjacent to an activating group) is 1. The zero-order valence-electron chi connectivity index (χ0n) is 23.7. The first-order valence-electron chi connectivity index (χ1n) is 13.2. The van der Waals surface area contributed by atoms with Crippen LogP contribution in [0.2, 0.25) is 0 Å². The van der Waals surface area contributed by atoms with Gasteiger partial charge in [0.1, 0.15) is 31.2 Å². The van der Waals surface area contributed by atoms with Crippen molar-refractivity contribution in [2.45, 2.75) is 53.0 Å². The van der Waals surface area contributed by atoms with Crippen molar-refractivity contribution < 1.29 is 18.8 Å². The number of rotatable bonds is 12. The second-order valence-corrected chi connectivity index (χ2v) is 12.5. The Kier molecular flexibility index (Phi) is 9.20. The Bertz CT molecular complexity index is 1120. The van der Waals surface area contributed by atoms with E-state index in [0.29, 0.717) is 17.9 Å². The Hall–Kier alpha value is -3.11. The van der Waals surface area contributed by atoms with E-state index < -0.39 is 0 Å². The molecule has 0 amide bonds. The van der Waals surface area contributed by atoms with E-state index in [2.05, 4.69) is 85.1 Å². The summed E-state index contributed by atoms with van der Waals surface area (Å²) in [6, 6.07) is 25.9. The van der Waals surface area contributed by atoms with Gasteiger partial charge in [0.2, 0.25) is 0 Å². The SMILES string of the molecule is CC(C)(C)CC(C)(C)c1ccc(OCC[N+](C)(C)Cc2ccc(OCC(=O)c3ccccc3)cc2)cc1. The largest absolute Gasteiger partial charge is 0.488 e. The second-order valence-electron chi connectivity index (χ2n) is 12.5. The lowest BCUT2D eigenvalue weighted by Crippen LogP contribution is -2.41. The fourth-order valence-electron chi connectivity index (χ4n) is 4.96. The molecule has 0 atom stereocenters. The molecule has 0 saturated carbocycles. The summed E-state index contributed by atoms with van der Waals surface area (Å²) >= 11 is 0. The Morgan fingerprint density at radius 2 is 1.32 bits per heavy atom. The summed E-state index contributed by atoms with van der Waals surface area (Å²) in [5.74, 6) is 1.60. The van der Waals surface area contributed by atoms with Gasteiger partial charge >= 0.3 is 0 Å². The van der Waals surface area contributed by atoms with Crippen molar-refractivity contribution in [2.75, 3.05) is 33.9 Å². The molecule has 3 aromatic carbocycles. The van der Waals surface area contributed by atoms with E-state index in [-0.39, 0.29) is 23.2 Å². The highest BCUT2D eigenvalue weighted by Gasteiger charge is 2.27. The average Bonchev–Trinajstić information content (AvgIpc) is 2.82. The maximum absolute atomic E-state index is 12.2. The molecular formula is C33H44NO3+. The molecule has 0 N–H and O–H groups in total. The molecule has 0 aliphatic rings. The Labute approximate surface area is 223 Å². The number of ketones is 1. The summed E-state index contributed by atoms with van der Waals surface area (Å²) in [5, 5.41) is 0. The van der Waals surface area contributed by atoms with Gasteiger partial charge in [-0.05, 0) is 59.2 Å². The lowest BCUT2D eigenvalue weighted by Gasteiger charge is -2.33. The molecule has 3 rings (SSSR count). The quantitative estimate of drug-likeness (QED) is 0.192. The van der Waals surface area contributed by atoms with Gasteiger partial charge in [0, 0.05) is 11.1 Å². The normalized spacial score (nSPS) is 12.3. The van der Waals surface area contributed by atoms with Gasteiger partial charge in [0.05, 0.1) is 14.1 Å². The van der Waals surface area contributed by atoms with E-state index >= 15 is 0 Å². The molecule has 0 bridgehead atoms. The standard InChI is InChI=1S/C33H44NO3/c1-32(2,3)25-33(4,5)28-15-19-29(20-16-28)36-22-21-34(6,7)23-26-13-17-30(18-14-26)37-24-31(35)27-11-9-8-10-12-27/h8-20H,21-25H2,1-7H3/q+1. The minimum absolute atomic E-state index is 0.0225. The third kappa shape index (κ3) is 9.36. The molecule has 0 heterocycles. The molecule has 0 unspecified atom stereocenters. The van der Waals surface area contributed by atoms with Gasteiger partial charge in [-0.25, -0.2) is 0 Å². The summed E-state index contributed by atoms with van der Waals surface area (Å²) in [6.07, 6.45) is 1.13. The molecule has 3 aromatic rings. The van der Waals surface area contributed by atoms with Gasteiger partial charge in [-0.3, -0.25) is 4.79 Å². The number of ether oxygens (including phenoxy) is 2. The van der Waals surface area contributed by atoms with Crippen molar-refractivity contribution in [1.29, 1.82) is 0 Å². The number of quaternary nitrogens is 1. The van der Waals surface area contributed by atoms with Crippen LogP contribution in [0.4, 0.5) is 0 Å². The van der Waals surface area contributed by atoms with Crippen LogP contribution < -0.4 is 9.47 Å². The second kappa shape index (κ2) is 12.0. The molecule has 0 aliphatic heterocycles. The van der Waals surface area contributed by atoms with Crippen LogP contribution in [0.25, 0.3) is 0 Å². The van der Waals surface area contributed by atoms with Gasteiger partial charge in [-0.1, -0.05) is 77.1 Å². The monoisotopic (exact) mass is 502 g/mol.